The largest absolute Gasteiger partial charge is 0.497 e. The average molecular weight is 332 g/mol. The summed E-state index contributed by atoms with van der Waals surface area (Å²) < 4.78 is 28.7. The first-order chi connectivity index (χ1) is 11.6. The molecule has 2 aromatic carbocycles. The fourth-order valence-corrected chi connectivity index (χ4v) is 1.82. The Morgan fingerprint density at radius 3 is 2.46 bits per heavy atom. The first-order valence-corrected chi connectivity index (χ1v) is 7.04. The van der Waals surface area contributed by atoms with E-state index in [0.717, 1.165) is 0 Å². The van der Waals surface area contributed by atoms with Crippen molar-refractivity contribution in [1.29, 1.82) is 0 Å². The van der Waals surface area contributed by atoms with Gasteiger partial charge in [-0.25, -0.2) is 9.82 Å². The van der Waals surface area contributed by atoms with Crippen molar-refractivity contribution in [2.75, 3.05) is 20.8 Å². The normalized spacial score (nSPS) is 10.5. The highest BCUT2D eigenvalue weighted by atomic mass is 19.1. The summed E-state index contributed by atoms with van der Waals surface area (Å²) in [4.78, 5) is 11.6. The number of rotatable bonds is 7. The summed E-state index contributed by atoms with van der Waals surface area (Å²) in [5.74, 6) is 0.172. The molecule has 0 heterocycles. The molecule has 2 rings (SSSR count). The third-order valence-electron chi connectivity index (χ3n) is 2.97. The van der Waals surface area contributed by atoms with Gasteiger partial charge in [0.25, 0.3) is 5.91 Å². The monoisotopic (exact) mass is 332 g/mol. The number of hydrogen-bond donors (Lipinski definition) is 1. The molecule has 7 heteroatoms. The number of nitrogens with one attached hydrogen (secondary N) is 1. The van der Waals surface area contributed by atoms with E-state index in [1.165, 1.54) is 38.6 Å². The summed E-state index contributed by atoms with van der Waals surface area (Å²) >= 11 is 0. The van der Waals surface area contributed by atoms with E-state index < -0.39 is 11.7 Å². The smallest absolute Gasteiger partial charge is 0.277 e. The van der Waals surface area contributed by atoms with Gasteiger partial charge in [-0.3, -0.25) is 4.79 Å². The van der Waals surface area contributed by atoms with Gasteiger partial charge in [0, 0.05) is 11.6 Å². The Morgan fingerprint density at radius 1 is 1.17 bits per heavy atom. The van der Waals surface area contributed by atoms with Crippen molar-refractivity contribution in [3.8, 4) is 17.2 Å². The number of carbonyl (C=O) groups excluding carboxylic acids is 1. The highest BCUT2D eigenvalue weighted by Gasteiger charge is 2.05. The third kappa shape index (κ3) is 4.98. The Bertz CT molecular complexity index is 712. The van der Waals surface area contributed by atoms with E-state index in [1.807, 2.05) is 0 Å². The fraction of sp³-hybridized carbons (Fsp3) is 0.176. The first-order valence-electron chi connectivity index (χ1n) is 7.04. The van der Waals surface area contributed by atoms with Gasteiger partial charge in [0.1, 0.15) is 11.5 Å². The van der Waals surface area contributed by atoms with Crippen molar-refractivity contribution in [3.05, 3.63) is 53.8 Å². The van der Waals surface area contributed by atoms with Gasteiger partial charge < -0.3 is 14.2 Å². The van der Waals surface area contributed by atoms with Gasteiger partial charge in [0.05, 0.1) is 20.4 Å². The number of amides is 1. The Kier molecular flexibility index (Phi) is 6.13. The van der Waals surface area contributed by atoms with Crippen molar-refractivity contribution < 1.29 is 23.4 Å². The lowest BCUT2D eigenvalue weighted by molar-refractivity contribution is -0.123. The quantitative estimate of drug-likeness (QED) is 0.624. The lowest BCUT2D eigenvalue weighted by atomic mass is 10.2. The van der Waals surface area contributed by atoms with Crippen molar-refractivity contribution in [2.24, 2.45) is 5.10 Å². The molecule has 0 aromatic heterocycles. The molecule has 24 heavy (non-hydrogen) atoms. The summed E-state index contributed by atoms with van der Waals surface area (Å²) in [7, 11) is 3.08. The standard InChI is InChI=1S/C17H17FN2O4/c1-22-13-7-12(8-14(9-13)23-2)10-19-20-17(21)11-24-16-6-4-3-5-15(16)18/h3-10H,11H2,1-2H3,(H,20,21)/b19-10+. The maximum atomic E-state index is 13.3. The predicted molar refractivity (Wildman–Crippen MR) is 87.2 cm³/mol. The van der Waals surface area contributed by atoms with Crippen LogP contribution in [0.1, 0.15) is 5.56 Å². The van der Waals surface area contributed by atoms with Gasteiger partial charge >= 0.3 is 0 Å². The van der Waals surface area contributed by atoms with E-state index >= 15 is 0 Å². The molecule has 0 saturated heterocycles. The molecule has 0 aliphatic rings. The highest BCUT2D eigenvalue weighted by molar-refractivity contribution is 5.83. The molecule has 126 valence electrons. The zero-order chi connectivity index (χ0) is 17.4. The van der Waals surface area contributed by atoms with E-state index in [4.69, 9.17) is 14.2 Å². The van der Waals surface area contributed by atoms with Crippen molar-refractivity contribution in [2.45, 2.75) is 0 Å². The molecule has 6 nitrogen and oxygen atoms in total. The van der Waals surface area contributed by atoms with Crippen LogP contribution in [-0.4, -0.2) is 32.9 Å². The zero-order valence-corrected chi connectivity index (χ0v) is 13.3. The minimum Gasteiger partial charge on any atom is -0.497 e. The molecule has 0 aliphatic heterocycles. The maximum absolute atomic E-state index is 13.3. The van der Waals surface area contributed by atoms with Gasteiger partial charge in [0.15, 0.2) is 18.2 Å². The predicted octanol–water partition coefficient (Wildman–Crippen LogP) is 2.37. The number of hydrogen-bond acceptors (Lipinski definition) is 5. The number of hydrazone groups is 1. The summed E-state index contributed by atoms with van der Waals surface area (Å²) in [6.45, 7) is -0.348. The minimum atomic E-state index is -0.530. The molecule has 0 atom stereocenters. The Labute approximate surface area is 138 Å². The molecule has 0 saturated carbocycles. The van der Waals surface area contributed by atoms with Crippen LogP contribution in [0, 0.1) is 5.82 Å². The Hall–Kier alpha value is -3.09. The van der Waals surface area contributed by atoms with E-state index in [0.29, 0.717) is 17.1 Å². The minimum absolute atomic E-state index is 0.00848. The number of carbonyl (C=O) groups is 1. The van der Waals surface area contributed by atoms with Gasteiger partial charge in [-0.05, 0) is 24.3 Å². The lowest BCUT2D eigenvalue weighted by Crippen LogP contribution is -2.24. The van der Waals surface area contributed by atoms with Crippen LogP contribution in [0.4, 0.5) is 4.39 Å². The average Bonchev–Trinajstić information content (AvgIpc) is 2.60. The number of methoxy groups -OCH3 is 2. The van der Waals surface area contributed by atoms with Crippen LogP contribution < -0.4 is 19.6 Å². The maximum Gasteiger partial charge on any atom is 0.277 e. The molecular formula is C17H17FN2O4. The van der Waals surface area contributed by atoms with Crippen molar-refractivity contribution >= 4 is 12.1 Å². The van der Waals surface area contributed by atoms with Gasteiger partial charge in [-0.1, -0.05) is 12.1 Å². The number of nitrogens with zero attached hydrogens (tertiary/aromatic N) is 1. The van der Waals surface area contributed by atoms with Gasteiger partial charge in [-0.15, -0.1) is 0 Å². The molecule has 1 amide bonds. The zero-order valence-electron chi connectivity index (χ0n) is 13.3. The first kappa shape index (κ1) is 17.3. The second-order valence-corrected chi connectivity index (χ2v) is 4.66. The van der Waals surface area contributed by atoms with E-state index in [-0.39, 0.29) is 12.4 Å². The van der Waals surface area contributed by atoms with Crippen molar-refractivity contribution in [3.63, 3.8) is 0 Å². The number of para-hydroxylation sites is 1. The van der Waals surface area contributed by atoms with E-state index in [2.05, 4.69) is 10.5 Å². The second kappa shape index (κ2) is 8.52. The molecule has 0 bridgehead atoms. The summed E-state index contributed by atoms with van der Waals surface area (Å²) in [6, 6.07) is 11.0. The van der Waals surface area contributed by atoms with Crippen LogP contribution in [0.2, 0.25) is 0 Å². The Morgan fingerprint density at radius 2 is 1.83 bits per heavy atom. The molecule has 0 aliphatic carbocycles. The molecule has 0 radical (unpaired) electrons. The lowest BCUT2D eigenvalue weighted by Gasteiger charge is -2.06. The molecule has 0 unspecified atom stereocenters. The molecule has 0 spiro atoms. The number of halogens is 1. The molecule has 2 aromatic rings. The van der Waals surface area contributed by atoms with Crippen LogP contribution in [0.25, 0.3) is 0 Å². The van der Waals surface area contributed by atoms with Gasteiger partial charge in [0.2, 0.25) is 0 Å². The van der Waals surface area contributed by atoms with Crippen LogP contribution >= 0.6 is 0 Å². The SMILES string of the molecule is COc1cc(/C=N/NC(=O)COc2ccccc2F)cc(OC)c1. The number of ether oxygens (including phenoxy) is 3. The van der Waals surface area contributed by atoms with Crippen LogP contribution in [0.3, 0.4) is 0 Å². The van der Waals surface area contributed by atoms with Crippen LogP contribution in [0.5, 0.6) is 17.2 Å². The molecule has 0 fully saturated rings. The Balaban J connectivity index is 1.89. The highest BCUT2D eigenvalue weighted by Crippen LogP contribution is 2.21. The van der Waals surface area contributed by atoms with Gasteiger partial charge in [-0.2, -0.15) is 5.10 Å². The number of benzene rings is 2. The topological polar surface area (TPSA) is 69.2 Å². The van der Waals surface area contributed by atoms with Crippen LogP contribution in [0.15, 0.2) is 47.6 Å². The van der Waals surface area contributed by atoms with E-state index in [9.17, 15) is 9.18 Å². The summed E-state index contributed by atoms with van der Waals surface area (Å²) in [5.41, 5.74) is 2.98. The van der Waals surface area contributed by atoms with E-state index in [1.54, 1.807) is 24.3 Å². The third-order valence-corrected chi connectivity index (χ3v) is 2.97. The molecule has 1 N–H and O–H groups in total. The fourth-order valence-electron chi connectivity index (χ4n) is 1.82. The second-order valence-electron chi connectivity index (χ2n) is 4.66. The molecular weight excluding hydrogens is 315 g/mol. The van der Waals surface area contributed by atoms with Crippen LogP contribution in [-0.2, 0) is 4.79 Å². The summed E-state index contributed by atoms with van der Waals surface area (Å²) in [5, 5.41) is 3.82. The summed E-state index contributed by atoms with van der Waals surface area (Å²) in [6.07, 6.45) is 1.44. The van der Waals surface area contributed by atoms with Crippen molar-refractivity contribution in [1.82, 2.24) is 5.43 Å².